The van der Waals surface area contributed by atoms with Crippen molar-refractivity contribution in [3.05, 3.63) is 0 Å². The molecule has 0 aliphatic rings. The van der Waals surface area contributed by atoms with Gasteiger partial charge in [0.25, 0.3) is 0 Å². The molecule has 0 radical (unpaired) electrons. The van der Waals surface area contributed by atoms with E-state index >= 15 is 0 Å². The fourth-order valence-electron chi connectivity index (χ4n) is 0.687. The molecule has 0 saturated heterocycles. The molecule has 0 rings (SSSR count). The zero-order valence-corrected chi connectivity index (χ0v) is 6.49. The molecule has 70 valence electrons. The maximum atomic E-state index is 10.6. The third-order valence-electron chi connectivity index (χ3n) is 1.22. The van der Waals surface area contributed by atoms with E-state index < -0.39 is 17.9 Å². The van der Waals surface area contributed by atoms with Gasteiger partial charge in [0.2, 0.25) is 5.91 Å². The number of primary amides is 1. The molecule has 6 heteroatoms. The Balaban J connectivity index is 3.87. The lowest BCUT2D eigenvalue weighted by Gasteiger charge is -2.11. The highest BCUT2D eigenvalue weighted by molar-refractivity contribution is 5.84. The fourth-order valence-corrected chi connectivity index (χ4v) is 0.687. The highest BCUT2D eigenvalue weighted by Crippen LogP contribution is 1.89. The van der Waals surface area contributed by atoms with E-state index in [1.807, 2.05) is 0 Å². The molecule has 0 aromatic rings. The molecule has 12 heavy (non-hydrogen) atoms. The van der Waals surface area contributed by atoms with Crippen molar-refractivity contribution in [2.45, 2.75) is 12.5 Å². The van der Waals surface area contributed by atoms with Crippen molar-refractivity contribution >= 4 is 11.9 Å². The van der Waals surface area contributed by atoms with Gasteiger partial charge in [-0.3, -0.25) is 9.59 Å². The molecule has 6 nitrogen and oxygen atoms in total. The number of aliphatic carboxylic acids is 1. The predicted molar refractivity (Wildman–Crippen MR) is 40.3 cm³/mol. The number of carboxylic acids is 1. The number of rotatable bonds is 6. The van der Waals surface area contributed by atoms with Crippen molar-refractivity contribution in [3.8, 4) is 0 Å². The second-order valence-corrected chi connectivity index (χ2v) is 2.23. The first-order chi connectivity index (χ1) is 5.57. The van der Waals surface area contributed by atoms with Crippen molar-refractivity contribution in [1.29, 1.82) is 0 Å². The number of nitrogens with two attached hydrogens (primary N) is 1. The summed E-state index contributed by atoms with van der Waals surface area (Å²) in [5.74, 6) is -1.84. The minimum atomic E-state index is -1.11. The van der Waals surface area contributed by atoms with E-state index in [4.69, 9.17) is 15.9 Å². The first kappa shape index (κ1) is 10.9. The van der Waals surface area contributed by atoms with Crippen LogP contribution in [-0.4, -0.2) is 41.3 Å². The topological polar surface area (TPSA) is 113 Å². The number of aliphatic hydroxyl groups is 1. The summed E-state index contributed by atoms with van der Waals surface area (Å²) in [7, 11) is 0. The van der Waals surface area contributed by atoms with Gasteiger partial charge in [-0.2, -0.15) is 0 Å². The Labute approximate surface area is 69.4 Å². The lowest BCUT2D eigenvalue weighted by molar-refractivity contribution is -0.139. The summed E-state index contributed by atoms with van der Waals surface area (Å²) in [5.41, 5.74) is 4.88. The fraction of sp³-hybridized carbons (Fsp3) is 0.667. The van der Waals surface area contributed by atoms with E-state index in [1.54, 1.807) is 0 Å². The van der Waals surface area contributed by atoms with Crippen molar-refractivity contribution in [2.75, 3.05) is 13.2 Å². The van der Waals surface area contributed by atoms with Crippen LogP contribution in [0.2, 0.25) is 0 Å². The molecule has 5 N–H and O–H groups in total. The Morgan fingerprint density at radius 1 is 1.50 bits per heavy atom. The molecule has 0 aliphatic heterocycles. The molecule has 0 aromatic carbocycles. The van der Waals surface area contributed by atoms with E-state index in [9.17, 15) is 9.59 Å². The molecule has 0 spiro atoms. The van der Waals surface area contributed by atoms with Crippen LogP contribution in [0.5, 0.6) is 0 Å². The second-order valence-electron chi connectivity index (χ2n) is 2.23. The molecular formula is C6H12N2O4. The van der Waals surface area contributed by atoms with Crippen LogP contribution in [0.15, 0.2) is 0 Å². The third kappa shape index (κ3) is 4.64. The van der Waals surface area contributed by atoms with Crippen LogP contribution in [0.3, 0.4) is 0 Å². The standard InChI is InChI=1S/C6H12N2O4/c7-6(12)4(3-5(10)11)8-1-2-9/h4,8-9H,1-3H2,(H2,7,12)(H,10,11)/t4-/m0/s1. The minimum Gasteiger partial charge on any atom is -0.481 e. The first-order valence-corrected chi connectivity index (χ1v) is 3.43. The Kier molecular flexibility index (Phi) is 4.98. The van der Waals surface area contributed by atoms with Crippen LogP contribution >= 0.6 is 0 Å². The van der Waals surface area contributed by atoms with E-state index in [1.165, 1.54) is 0 Å². The van der Waals surface area contributed by atoms with E-state index in [2.05, 4.69) is 5.32 Å². The molecule has 1 amide bonds. The van der Waals surface area contributed by atoms with Crippen molar-refractivity contribution in [1.82, 2.24) is 5.32 Å². The number of amides is 1. The summed E-state index contributed by atoms with van der Waals surface area (Å²) in [5, 5.41) is 19.2. The lowest BCUT2D eigenvalue weighted by atomic mass is 10.2. The Morgan fingerprint density at radius 3 is 2.42 bits per heavy atom. The number of hydrogen-bond acceptors (Lipinski definition) is 4. The van der Waals surface area contributed by atoms with Gasteiger partial charge in [0, 0.05) is 6.54 Å². The molecule has 0 bridgehead atoms. The number of nitrogens with one attached hydrogen (secondary N) is 1. The number of carbonyl (C=O) groups excluding carboxylic acids is 1. The van der Waals surface area contributed by atoms with Crippen molar-refractivity contribution in [2.24, 2.45) is 5.73 Å². The molecule has 0 unspecified atom stereocenters. The smallest absolute Gasteiger partial charge is 0.305 e. The molecule has 0 heterocycles. The molecular weight excluding hydrogens is 164 g/mol. The Morgan fingerprint density at radius 2 is 2.08 bits per heavy atom. The molecule has 0 aliphatic carbocycles. The van der Waals surface area contributed by atoms with Gasteiger partial charge in [0.05, 0.1) is 19.1 Å². The molecule has 1 atom stereocenters. The average Bonchev–Trinajstić information content (AvgIpc) is 1.96. The van der Waals surface area contributed by atoms with Crippen LogP contribution in [-0.2, 0) is 9.59 Å². The summed E-state index contributed by atoms with van der Waals surface area (Å²) in [6.07, 6.45) is -0.366. The van der Waals surface area contributed by atoms with Gasteiger partial charge in [-0.25, -0.2) is 0 Å². The highest BCUT2D eigenvalue weighted by atomic mass is 16.4. The average molecular weight is 176 g/mol. The third-order valence-corrected chi connectivity index (χ3v) is 1.22. The zero-order valence-electron chi connectivity index (χ0n) is 6.49. The van der Waals surface area contributed by atoms with Crippen LogP contribution < -0.4 is 11.1 Å². The van der Waals surface area contributed by atoms with Crippen LogP contribution in [0, 0.1) is 0 Å². The van der Waals surface area contributed by atoms with E-state index in [0.717, 1.165) is 0 Å². The summed E-state index contributed by atoms with van der Waals surface area (Å²) < 4.78 is 0. The van der Waals surface area contributed by atoms with Crippen LogP contribution in [0.1, 0.15) is 6.42 Å². The summed E-state index contributed by atoms with van der Waals surface area (Å²) in [4.78, 5) is 20.7. The summed E-state index contributed by atoms with van der Waals surface area (Å²) in [6.45, 7) is -0.00964. The van der Waals surface area contributed by atoms with Gasteiger partial charge >= 0.3 is 5.97 Å². The molecule has 0 fully saturated rings. The van der Waals surface area contributed by atoms with Gasteiger partial charge in [-0.1, -0.05) is 0 Å². The zero-order chi connectivity index (χ0) is 9.56. The van der Waals surface area contributed by atoms with Crippen molar-refractivity contribution in [3.63, 3.8) is 0 Å². The predicted octanol–water partition coefficient (Wildman–Crippen LogP) is -2.10. The Bertz CT molecular complexity index is 171. The number of hydrogen-bond donors (Lipinski definition) is 4. The minimum absolute atomic E-state index is 0.154. The van der Waals surface area contributed by atoms with Gasteiger partial charge < -0.3 is 21.3 Å². The van der Waals surface area contributed by atoms with Gasteiger partial charge in [0.1, 0.15) is 0 Å². The summed E-state index contributed by atoms with van der Waals surface area (Å²) >= 11 is 0. The quantitative estimate of drug-likeness (QED) is 0.370. The SMILES string of the molecule is NC(=O)[C@H](CC(=O)O)NCCO. The first-order valence-electron chi connectivity index (χ1n) is 3.43. The van der Waals surface area contributed by atoms with Gasteiger partial charge in [0.15, 0.2) is 0 Å². The van der Waals surface area contributed by atoms with Crippen molar-refractivity contribution < 1.29 is 19.8 Å². The van der Waals surface area contributed by atoms with Gasteiger partial charge in [-0.05, 0) is 0 Å². The second kappa shape index (κ2) is 5.50. The highest BCUT2D eigenvalue weighted by Gasteiger charge is 2.17. The Hall–Kier alpha value is -1.14. The lowest BCUT2D eigenvalue weighted by Crippen LogP contribution is -2.43. The van der Waals surface area contributed by atoms with E-state index in [-0.39, 0.29) is 19.6 Å². The largest absolute Gasteiger partial charge is 0.481 e. The monoisotopic (exact) mass is 176 g/mol. The van der Waals surface area contributed by atoms with Gasteiger partial charge in [-0.15, -0.1) is 0 Å². The summed E-state index contributed by atoms with van der Waals surface area (Å²) in [6, 6.07) is -0.908. The van der Waals surface area contributed by atoms with Crippen LogP contribution in [0.4, 0.5) is 0 Å². The molecule has 0 saturated carbocycles. The normalized spacial score (nSPS) is 12.4. The van der Waals surface area contributed by atoms with Crippen LogP contribution in [0.25, 0.3) is 0 Å². The number of carbonyl (C=O) groups is 2. The van der Waals surface area contributed by atoms with E-state index in [0.29, 0.717) is 0 Å². The maximum absolute atomic E-state index is 10.6. The number of aliphatic hydroxyl groups excluding tert-OH is 1. The molecule has 0 aromatic heterocycles. The number of carboxylic acid groups (broad SMARTS) is 1. The maximum Gasteiger partial charge on any atom is 0.305 e.